The highest BCUT2D eigenvalue weighted by Gasteiger charge is 2.11. The highest BCUT2D eigenvalue weighted by atomic mass is 32.2. The molecule has 1 N–H and O–H groups in total. The average molecular weight is 347 g/mol. The summed E-state index contributed by atoms with van der Waals surface area (Å²) >= 11 is 1.68. The third-order valence-electron chi connectivity index (χ3n) is 3.99. The number of hydrogen-bond donors (Lipinski definition) is 1. The second-order valence-electron chi connectivity index (χ2n) is 5.78. The fourth-order valence-corrected chi connectivity index (χ4v) is 3.54. The number of rotatable bonds is 6. The zero-order valence-corrected chi connectivity index (χ0v) is 15.1. The van der Waals surface area contributed by atoms with Crippen molar-refractivity contribution in [3.8, 4) is 0 Å². The molecule has 0 unspecified atom stereocenters. The number of carbonyl (C=O) groups is 1. The van der Waals surface area contributed by atoms with Gasteiger partial charge in [0, 0.05) is 16.3 Å². The quantitative estimate of drug-likeness (QED) is 0.572. The van der Waals surface area contributed by atoms with Crippen molar-refractivity contribution in [1.82, 2.24) is 0 Å². The average Bonchev–Trinajstić information content (AvgIpc) is 2.68. The van der Waals surface area contributed by atoms with Crippen LogP contribution < -0.4 is 5.32 Å². The number of benzene rings is 3. The molecule has 126 valence electrons. The largest absolute Gasteiger partial charge is 0.322 e. The molecule has 0 fully saturated rings. The van der Waals surface area contributed by atoms with Gasteiger partial charge in [-0.3, -0.25) is 4.79 Å². The molecule has 0 aromatic heterocycles. The molecule has 3 rings (SSSR count). The number of aryl methyl sites for hydroxylation is 1. The van der Waals surface area contributed by atoms with E-state index in [9.17, 15) is 4.79 Å². The Bertz CT molecular complexity index is 828. The Kier molecular flexibility index (Phi) is 5.91. The number of amides is 1. The lowest BCUT2D eigenvalue weighted by Gasteiger charge is -2.10. The van der Waals surface area contributed by atoms with E-state index in [1.165, 1.54) is 11.1 Å². The second-order valence-corrected chi connectivity index (χ2v) is 6.79. The zero-order valence-electron chi connectivity index (χ0n) is 14.2. The van der Waals surface area contributed by atoms with Gasteiger partial charge in [0.25, 0.3) is 5.91 Å². The van der Waals surface area contributed by atoms with Crippen molar-refractivity contribution in [2.24, 2.45) is 0 Å². The van der Waals surface area contributed by atoms with Crippen LogP contribution in [0.5, 0.6) is 0 Å². The van der Waals surface area contributed by atoms with E-state index in [1.54, 1.807) is 11.8 Å². The molecule has 25 heavy (non-hydrogen) atoms. The molecule has 0 aliphatic heterocycles. The summed E-state index contributed by atoms with van der Waals surface area (Å²) in [7, 11) is 0. The standard InChI is InChI=1S/C22H21NOS/c1-2-17-12-14-19(15-13-17)23-22(24)20-10-6-7-11-21(20)25-16-18-8-4-3-5-9-18/h3-15H,2,16H2,1H3,(H,23,24). The number of thioether (sulfide) groups is 1. The van der Waals surface area contributed by atoms with Gasteiger partial charge >= 0.3 is 0 Å². The molecule has 0 atom stereocenters. The molecule has 0 aliphatic carbocycles. The van der Waals surface area contributed by atoms with Crippen molar-refractivity contribution in [3.63, 3.8) is 0 Å². The lowest BCUT2D eigenvalue weighted by atomic mass is 10.1. The molecule has 0 radical (unpaired) electrons. The molecule has 3 aromatic carbocycles. The van der Waals surface area contributed by atoms with Gasteiger partial charge in [0.15, 0.2) is 0 Å². The summed E-state index contributed by atoms with van der Waals surface area (Å²) in [6.07, 6.45) is 0.993. The maximum Gasteiger partial charge on any atom is 0.256 e. The van der Waals surface area contributed by atoms with Gasteiger partial charge in [0.1, 0.15) is 0 Å². The summed E-state index contributed by atoms with van der Waals surface area (Å²) in [5.74, 6) is 0.775. The van der Waals surface area contributed by atoms with Gasteiger partial charge in [-0.15, -0.1) is 11.8 Å². The Balaban J connectivity index is 1.71. The SMILES string of the molecule is CCc1ccc(NC(=O)c2ccccc2SCc2ccccc2)cc1. The van der Waals surface area contributed by atoms with E-state index in [4.69, 9.17) is 0 Å². The molecular weight excluding hydrogens is 326 g/mol. The van der Waals surface area contributed by atoms with Crippen LogP contribution >= 0.6 is 11.8 Å². The van der Waals surface area contributed by atoms with Crippen LogP contribution in [0.1, 0.15) is 28.4 Å². The predicted octanol–water partition coefficient (Wildman–Crippen LogP) is 5.79. The van der Waals surface area contributed by atoms with Gasteiger partial charge in [-0.05, 0) is 41.8 Å². The van der Waals surface area contributed by atoms with Crippen molar-refractivity contribution >= 4 is 23.4 Å². The molecule has 0 heterocycles. The highest BCUT2D eigenvalue weighted by Crippen LogP contribution is 2.27. The number of carbonyl (C=O) groups excluding carboxylic acids is 1. The van der Waals surface area contributed by atoms with Gasteiger partial charge in [-0.25, -0.2) is 0 Å². The van der Waals surface area contributed by atoms with E-state index in [-0.39, 0.29) is 5.91 Å². The Morgan fingerprint density at radius 1 is 0.840 bits per heavy atom. The fourth-order valence-electron chi connectivity index (χ4n) is 2.54. The molecule has 2 nitrogen and oxygen atoms in total. The first kappa shape index (κ1) is 17.3. The van der Waals surface area contributed by atoms with Crippen LogP contribution in [-0.4, -0.2) is 5.91 Å². The van der Waals surface area contributed by atoms with Crippen LogP contribution in [0.25, 0.3) is 0 Å². The fraction of sp³-hybridized carbons (Fsp3) is 0.136. The maximum atomic E-state index is 12.7. The maximum absolute atomic E-state index is 12.7. The van der Waals surface area contributed by atoms with E-state index in [1.807, 2.05) is 66.7 Å². The minimum absolute atomic E-state index is 0.0691. The third kappa shape index (κ3) is 4.74. The highest BCUT2D eigenvalue weighted by molar-refractivity contribution is 7.98. The smallest absolute Gasteiger partial charge is 0.256 e. The summed E-state index contributed by atoms with van der Waals surface area (Å²) in [6.45, 7) is 2.12. The molecule has 0 saturated heterocycles. The van der Waals surface area contributed by atoms with Crippen LogP contribution in [-0.2, 0) is 12.2 Å². The van der Waals surface area contributed by atoms with Crippen molar-refractivity contribution in [2.75, 3.05) is 5.32 Å². The topological polar surface area (TPSA) is 29.1 Å². The summed E-state index contributed by atoms with van der Waals surface area (Å²) in [4.78, 5) is 13.7. The number of anilines is 1. The lowest BCUT2D eigenvalue weighted by Crippen LogP contribution is -2.13. The van der Waals surface area contributed by atoms with Crippen LogP contribution in [0.4, 0.5) is 5.69 Å². The van der Waals surface area contributed by atoms with Gasteiger partial charge in [-0.2, -0.15) is 0 Å². The summed E-state index contributed by atoms with van der Waals surface area (Å²) in [5, 5.41) is 3.00. The molecule has 0 saturated carbocycles. The Morgan fingerprint density at radius 2 is 1.52 bits per heavy atom. The predicted molar refractivity (Wildman–Crippen MR) is 106 cm³/mol. The monoisotopic (exact) mass is 347 g/mol. The van der Waals surface area contributed by atoms with Gasteiger partial charge in [0.2, 0.25) is 0 Å². The Labute approximate surface area is 153 Å². The number of hydrogen-bond acceptors (Lipinski definition) is 2. The van der Waals surface area contributed by atoms with Crippen molar-refractivity contribution < 1.29 is 4.79 Å². The molecule has 3 aromatic rings. The minimum atomic E-state index is -0.0691. The Morgan fingerprint density at radius 3 is 2.24 bits per heavy atom. The lowest BCUT2D eigenvalue weighted by molar-refractivity contribution is 0.102. The minimum Gasteiger partial charge on any atom is -0.322 e. The van der Waals surface area contributed by atoms with Crippen LogP contribution in [0.15, 0.2) is 83.8 Å². The zero-order chi connectivity index (χ0) is 17.5. The van der Waals surface area contributed by atoms with Crippen molar-refractivity contribution in [1.29, 1.82) is 0 Å². The van der Waals surface area contributed by atoms with Gasteiger partial charge < -0.3 is 5.32 Å². The first-order valence-corrected chi connectivity index (χ1v) is 9.41. The summed E-state index contributed by atoms with van der Waals surface area (Å²) < 4.78 is 0. The first-order chi connectivity index (χ1) is 12.3. The van der Waals surface area contributed by atoms with Crippen LogP contribution in [0, 0.1) is 0 Å². The Hall–Kier alpha value is -2.52. The summed E-state index contributed by atoms with van der Waals surface area (Å²) in [5.41, 5.74) is 4.04. The molecule has 0 aliphatic rings. The van der Waals surface area contributed by atoms with Crippen LogP contribution in [0.2, 0.25) is 0 Å². The van der Waals surface area contributed by atoms with Crippen molar-refractivity contribution in [2.45, 2.75) is 24.0 Å². The van der Waals surface area contributed by atoms with Gasteiger partial charge in [-0.1, -0.05) is 61.5 Å². The van der Waals surface area contributed by atoms with Crippen molar-refractivity contribution in [3.05, 3.63) is 95.6 Å². The van der Waals surface area contributed by atoms with E-state index in [2.05, 4.69) is 24.4 Å². The van der Waals surface area contributed by atoms with E-state index in [0.717, 1.165) is 22.8 Å². The van der Waals surface area contributed by atoms with E-state index < -0.39 is 0 Å². The first-order valence-electron chi connectivity index (χ1n) is 8.42. The number of nitrogens with one attached hydrogen (secondary N) is 1. The molecule has 1 amide bonds. The normalized spacial score (nSPS) is 10.4. The molecule has 0 spiro atoms. The molecular formula is C22H21NOS. The van der Waals surface area contributed by atoms with E-state index in [0.29, 0.717) is 5.56 Å². The third-order valence-corrected chi connectivity index (χ3v) is 5.13. The second kappa shape index (κ2) is 8.54. The molecule has 3 heteroatoms. The van der Waals surface area contributed by atoms with Gasteiger partial charge in [0.05, 0.1) is 5.56 Å². The van der Waals surface area contributed by atoms with E-state index >= 15 is 0 Å². The summed E-state index contributed by atoms with van der Waals surface area (Å²) in [6, 6.07) is 26.1. The van der Waals surface area contributed by atoms with Crippen LogP contribution in [0.3, 0.4) is 0 Å². The molecule has 0 bridgehead atoms.